The molecule has 0 radical (unpaired) electrons. The van der Waals surface area contributed by atoms with Crippen molar-refractivity contribution in [3.8, 4) is 0 Å². The third kappa shape index (κ3) is 2.96. The predicted molar refractivity (Wildman–Crippen MR) is 79.4 cm³/mol. The Morgan fingerprint density at radius 2 is 1.89 bits per heavy atom. The first-order valence-corrected chi connectivity index (χ1v) is 7.77. The Labute approximate surface area is 122 Å². The molecule has 1 aromatic carbocycles. The molecular weight excluding hydrogens is 306 g/mol. The Bertz CT molecular complexity index is 447. The van der Waals surface area contributed by atoms with Gasteiger partial charge in [-0.25, -0.2) is 0 Å². The molecule has 3 rings (SSSR count). The Hall–Kier alpha value is -0.580. The smallest absolute Gasteiger partial charge is 0.168 e. The summed E-state index contributed by atoms with van der Waals surface area (Å²) in [7, 11) is 0. The highest BCUT2D eigenvalue weighted by molar-refractivity contribution is 9.10. The fourth-order valence-corrected chi connectivity index (χ4v) is 3.32. The van der Waals surface area contributed by atoms with Gasteiger partial charge in [0.1, 0.15) is 0 Å². The van der Waals surface area contributed by atoms with Crippen LogP contribution in [-0.4, -0.2) is 25.0 Å². The number of ether oxygens (including phenoxy) is 2. The first-order valence-electron chi connectivity index (χ1n) is 6.97. The van der Waals surface area contributed by atoms with Gasteiger partial charge in [0, 0.05) is 29.0 Å². The molecule has 0 aromatic heterocycles. The lowest BCUT2D eigenvalue weighted by molar-refractivity contribution is -0.177. The van der Waals surface area contributed by atoms with Crippen LogP contribution in [0.4, 0.5) is 5.69 Å². The SMILES string of the molecule is Cc1ccc(Br)cc1NC1CCC2(CC1)OCCO2. The number of anilines is 1. The Morgan fingerprint density at radius 1 is 1.21 bits per heavy atom. The van der Waals surface area contributed by atoms with Crippen molar-refractivity contribution in [1.82, 2.24) is 0 Å². The summed E-state index contributed by atoms with van der Waals surface area (Å²) in [5.74, 6) is -0.259. The van der Waals surface area contributed by atoms with E-state index in [4.69, 9.17) is 9.47 Å². The predicted octanol–water partition coefficient (Wildman–Crippen LogP) is 3.86. The molecule has 3 nitrogen and oxygen atoms in total. The topological polar surface area (TPSA) is 30.5 Å². The molecule has 19 heavy (non-hydrogen) atoms. The van der Waals surface area contributed by atoms with Crippen LogP contribution in [0.15, 0.2) is 22.7 Å². The van der Waals surface area contributed by atoms with Gasteiger partial charge >= 0.3 is 0 Å². The summed E-state index contributed by atoms with van der Waals surface area (Å²) >= 11 is 3.53. The summed E-state index contributed by atoms with van der Waals surface area (Å²) in [5, 5.41) is 3.66. The maximum atomic E-state index is 5.77. The fourth-order valence-electron chi connectivity index (χ4n) is 2.96. The highest BCUT2D eigenvalue weighted by Crippen LogP contribution is 2.37. The summed E-state index contributed by atoms with van der Waals surface area (Å²) in [6.45, 7) is 3.65. The van der Waals surface area contributed by atoms with Crippen LogP contribution < -0.4 is 5.32 Å². The molecule has 2 fully saturated rings. The van der Waals surface area contributed by atoms with Crippen LogP contribution in [0.3, 0.4) is 0 Å². The third-order valence-corrected chi connectivity index (χ3v) is 4.61. The van der Waals surface area contributed by atoms with Gasteiger partial charge in [0.05, 0.1) is 13.2 Å². The van der Waals surface area contributed by atoms with Gasteiger partial charge in [-0.15, -0.1) is 0 Å². The molecule has 0 amide bonds. The zero-order chi connectivity index (χ0) is 13.3. The number of halogens is 1. The van der Waals surface area contributed by atoms with Crippen LogP contribution in [0.25, 0.3) is 0 Å². The molecule has 1 heterocycles. The van der Waals surface area contributed by atoms with Crippen molar-refractivity contribution in [3.63, 3.8) is 0 Å². The van der Waals surface area contributed by atoms with E-state index in [2.05, 4.69) is 46.4 Å². The number of hydrogen-bond donors (Lipinski definition) is 1. The van der Waals surface area contributed by atoms with Gasteiger partial charge in [0.15, 0.2) is 5.79 Å². The molecule has 0 bridgehead atoms. The van der Waals surface area contributed by atoms with Crippen LogP contribution >= 0.6 is 15.9 Å². The normalized spacial score (nSPS) is 22.8. The van der Waals surface area contributed by atoms with Crippen molar-refractivity contribution in [3.05, 3.63) is 28.2 Å². The lowest BCUT2D eigenvalue weighted by Crippen LogP contribution is -2.39. The van der Waals surface area contributed by atoms with Gasteiger partial charge < -0.3 is 14.8 Å². The second kappa shape index (κ2) is 5.43. The van der Waals surface area contributed by atoms with Crippen molar-refractivity contribution >= 4 is 21.6 Å². The van der Waals surface area contributed by atoms with E-state index in [0.29, 0.717) is 6.04 Å². The Morgan fingerprint density at radius 3 is 2.58 bits per heavy atom. The second-order valence-corrected chi connectivity index (χ2v) is 6.40. The summed E-state index contributed by atoms with van der Waals surface area (Å²) in [6, 6.07) is 6.89. The highest BCUT2D eigenvalue weighted by atomic mass is 79.9. The Balaban J connectivity index is 1.61. The van der Waals surface area contributed by atoms with Crippen LogP contribution in [0, 0.1) is 6.92 Å². The maximum Gasteiger partial charge on any atom is 0.168 e. The number of rotatable bonds is 2. The monoisotopic (exact) mass is 325 g/mol. The number of benzene rings is 1. The van der Waals surface area contributed by atoms with Gasteiger partial charge in [0.2, 0.25) is 0 Å². The van der Waals surface area contributed by atoms with Crippen LogP contribution in [0.2, 0.25) is 0 Å². The van der Waals surface area contributed by atoms with Crippen LogP contribution in [-0.2, 0) is 9.47 Å². The first-order chi connectivity index (χ1) is 9.17. The number of aryl methyl sites for hydroxylation is 1. The molecule has 1 N–H and O–H groups in total. The van der Waals surface area contributed by atoms with Crippen molar-refractivity contribution < 1.29 is 9.47 Å². The van der Waals surface area contributed by atoms with E-state index < -0.39 is 0 Å². The summed E-state index contributed by atoms with van der Waals surface area (Å²) in [6.07, 6.45) is 4.20. The van der Waals surface area contributed by atoms with E-state index in [9.17, 15) is 0 Å². The van der Waals surface area contributed by atoms with E-state index in [0.717, 1.165) is 43.4 Å². The fraction of sp³-hybridized carbons (Fsp3) is 0.600. The molecule has 1 saturated heterocycles. The molecule has 1 aliphatic heterocycles. The van der Waals surface area contributed by atoms with E-state index in [1.54, 1.807) is 0 Å². The molecule has 104 valence electrons. The molecule has 1 spiro atoms. The van der Waals surface area contributed by atoms with Gasteiger partial charge in [-0.3, -0.25) is 0 Å². The molecule has 4 heteroatoms. The minimum atomic E-state index is -0.259. The second-order valence-electron chi connectivity index (χ2n) is 5.49. The van der Waals surface area contributed by atoms with Gasteiger partial charge in [-0.1, -0.05) is 22.0 Å². The standard InChI is InChI=1S/C15H20BrNO2/c1-11-2-3-12(16)10-14(11)17-13-4-6-15(7-5-13)18-8-9-19-15/h2-3,10,13,17H,4-9H2,1H3. The van der Waals surface area contributed by atoms with Crippen LogP contribution in [0.5, 0.6) is 0 Å². The molecule has 1 saturated carbocycles. The number of hydrogen-bond acceptors (Lipinski definition) is 3. The van der Waals surface area contributed by atoms with E-state index >= 15 is 0 Å². The molecule has 1 aliphatic carbocycles. The lowest BCUT2D eigenvalue weighted by atomic mass is 9.90. The number of nitrogens with one attached hydrogen (secondary N) is 1. The lowest BCUT2D eigenvalue weighted by Gasteiger charge is -2.36. The minimum absolute atomic E-state index is 0.259. The first kappa shape index (κ1) is 13.4. The van der Waals surface area contributed by atoms with Crippen molar-refractivity contribution in [1.29, 1.82) is 0 Å². The zero-order valence-electron chi connectivity index (χ0n) is 11.2. The largest absolute Gasteiger partial charge is 0.382 e. The quantitative estimate of drug-likeness (QED) is 0.895. The Kier molecular flexibility index (Phi) is 3.83. The van der Waals surface area contributed by atoms with E-state index in [1.807, 2.05) is 0 Å². The summed E-state index contributed by atoms with van der Waals surface area (Å²) in [4.78, 5) is 0. The molecule has 0 atom stereocenters. The molecule has 0 unspecified atom stereocenters. The summed E-state index contributed by atoms with van der Waals surface area (Å²) < 4.78 is 12.7. The average Bonchev–Trinajstić information content (AvgIpc) is 2.85. The van der Waals surface area contributed by atoms with Gasteiger partial charge in [-0.2, -0.15) is 0 Å². The zero-order valence-corrected chi connectivity index (χ0v) is 12.8. The van der Waals surface area contributed by atoms with Crippen LogP contribution in [0.1, 0.15) is 31.2 Å². The summed E-state index contributed by atoms with van der Waals surface area (Å²) in [5.41, 5.74) is 2.51. The third-order valence-electron chi connectivity index (χ3n) is 4.12. The average molecular weight is 326 g/mol. The molecule has 1 aromatic rings. The maximum absolute atomic E-state index is 5.77. The van der Waals surface area contributed by atoms with Gasteiger partial charge in [-0.05, 0) is 37.5 Å². The van der Waals surface area contributed by atoms with Crippen molar-refractivity contribution in [2.24, 2.45) is 0 Å². The van der Waals surface area contributed by atoms with Gasteiger partial charge in [0.25, 0.3) is 0 Å². The molecule has 2 aliphatic rings. The van der Waals surface area contributed by atoms with Crippen molar-refractivity contribution in [2.45, 2.75) is 44.4 Å². The van der Waals surface area contributed by atoms with E-state index in [-0.39, 0.29) is 5.79 Å². The highest BCUT2D eigenvalue weighted by Gasteiger charge is 2.40. The van der Waals surface area contributed by atoms with E-state index in [1.165, 1.54) is 11.3 Å². The minimum Gasteiger partial charge on any atom is -0.382 e. The van der Waals surface area contributed by atoms with Crippen molar-refractivity contribution in [2.75, 3.05) is 18.5 Å². The molecular formula is C15H20BrNO2.